The molecule has 72 heavy (non-hydrogen) atoms. The Morgan fingerprint density at radius 2 is 0.833 bits per heavy atom. The largest absolute Gasteiger partial charge is 0.356 e. The summed E-state index contributed by atoms with van der Waals surface area (Å²) in [5, 5.41) is 21.2. The van der Waals surface area contributed by atoms with Crippen molar-refractivity contribution in [3.8, 4) is 0 Å². The fourth-order valence-electron chi connectivity index (χ4n) is 9.07. The van der Waals surface area contributed by atoms with E-state index in [0.29, 0.717) is 71.9 Å². The summed E-state index contributed by atoms with van der Waals surface area (Å²) in [6, 6.07) is 0. The van der Waals surface area contributed by atoms with Crippen LogP contribution in [0, 0.1) is 39.9 Å². The first-order valence-corrected chi connectivity index (χ1v) is 27.8. The van der Waals surface area contributed by atoms with Crippen LogP contribution in [0.25, 0.3) is 0 Å². The first-order valence-electron chi connectivity index (χ1n) is 27.8. The molecule has 0 saturated heterocycles. The Balaban J connectivity index is 6.83. The van der Waals surface area contributed by atoms with Gasteiger partial charge in [0.25, 0.3) is 0 Å². The summed E-state index contributed by atoms with van der Waals surface area (Å²) in [5.74, 6) is -5.38. The average Bonchev–Trinajstić information content (AvgIpc) is 3.32. The molecular weight excluding hydrogens is 915 g/mol. The zero-order valence-corrected chi connectivity index (χ0v) is 46.9. The number of nitrogens with one attached hydrogen (secondary N) is 7. The van der Waals surface area contributed by atoms with Crippen molar-refractivity contribution in [1.29, 1.82) is 0 Å². The summed E-state index contributed by atoms with van der Waals surface area (Å²) in [5.41, 5.74) is 7.73. The van der Waals surface area contributed by atoms with E-state index in [9.17, 15) is 33.6 Å². The number of hydrogen-bond donors (Lipinski definition) is 9. The minimum atomic E-state index is -1.25. The van der Waals surface area contributed by atoms with Crippen molar-refractivity contribution in [2.75, 3.05) is 78.5 Å². The zero-order chi connectivity index (χ0) is 54.6. The van der Waals surface area contributed by atoms with E-state index in [0.717, 1.165) is 64.2 Å². The maximum atomic E-state index is 15.1. The quantitative estimate of drug-likeness (QED) is 0.0362. The standard InChI is InChI=1S/C55H105N9O8/c1-11-15-18-20-25-61-49(69)36-43(38-54(7,8)46(66)33-41(14-4)51(71)63-26-21-19-16-12-2)50(70)55(9,10)39-44(52(72)64-32-30-59-28-23-57)34-47(67)53(5,6)37-42(45(65)40-60-24-17-13-3)35-48(68)62-31-29-58-27-22-56/h41-44,58-60H,11-40,56-57H2,1-10H3,(H,61,69)(H,62,68)(H,63,71)(H,64,72). The van der Waals surface area contributed by atoms with Crippen molar-refractivity contribution >= 4 is 46.8 Å². The van der Waals surface area contributed by atoms with Crippen LogP contribution >= 0.6 is 0 Å². The van der Waals surface area contributed by atoms with Gasteiger partial charge in [0.15, 0.2) is 0 Å². The van der Waals surface area contributed by atoms with Crippen LogP contribution < -0.4 is 48.7 Å². The van der Waals surface area contributed by atoms with Crippen LogP contribution in [-0.4, -0.2) is 125 Å². The number of nitrogens with two attached hydrogens (primary N) is 2. The first kappa shape index (κ1) is 68.4. The maximum absolute atomic E-state index is 15.1. The van der Waals surface area contributed by atoms with Gasteiger partial charge in [0.05, 0.1) is 6.54 Å². The van der Waals surface area contributed by atoms with E-state index in [2.05, 4.69) is 58.0 Å². The lowest BCUT2D eigenvalue weighted by molar-refractivity contribution is -0.141. The molecule has 4 atom stereocenters. The number of carbonyl (C=O) groups is 8. The topological polar surface area (TPSA) is 273 Å². The highest BCUT2D eigenvalue weighted by molar-refractivity contribution is 5.95. The molecule has 0 aliphatic rings. The number of hydrogen-bond acceptors (Lipinski definition) is 13. The van der Waals surface area contributed by atoms with Crippen molar-refractivity contribution < 1.29 is 38.4 Å². The molecule has 0 heterocycles. The van der Waals surface area contributed by atoms with Gasteiger partial charge in [-0.1, -0.05) is 114 Å². The number of unbranched alkanes of at least 4 members (excludes halogenated alkanes) is 7. The predicted molar refractivity (Wildman–Crippen MR) is 290 cm³/mol. The molecular formula is C55H105N9O8. The van der Waals surface area contributed by atoms with Crippen LogP contribution in [0.15, 0.2) is 0 Å². The van der Waals surface area contributed by atoms with Gasteiger partial charge in [-0.2, -0.15) is 0 Å². The second-order valence-corrected chi connectivity index (χ2v) is 22.0. The molecule has 0 aliphatic heterocycles. The highest BCUT2D eigenvalue weighted by Gasteiger charge is 2.44. The Bertz CT molecular complexity index is 1600. The molecule has 0 aromatic carbocycles. The van der Waals surface area contributed by atoms with Crippen molar-refractivity contribution in [3.63, 3.8) is 0 Å². The average molecular weight is 1020 g/mol. The third kappa shape index (κ3) is 29.9. The molecule has 17 nitrogen and oxygen atoms in total. The number of rotatable bonds is 47. The van der Waals surface area contributed by atoms with Gasteiger partial charge < -0.3 is 48.7 Å². The van der Waals surface area contributed by atoms with Gasteiger partial charge in [-0.05, 0) is 51.5 Å². The van der Waals surface area contributed by atoms with Gasteiger partial charge in [0.2, 0.25) is 23.6 Å². The molecule has 0 spiro atoms. The second kappa shape index (κ2) is 38.9. The smallest absolute Gasteiger partial charge is 0.223 e. The fraction of sp³-hybridized carbons (Fsp3) is 0.855. The molecule has 0 aromatic heterocycles. The monoisotopic (exact) mass is 1020 g/mol. The van der Waals surface area contributed by atoms with Crippen LogP contribution in [0.2, 0.25) is 0 Å². The molecule has 0 saturated carbocycles. The number of carbonyl (C=O) groups excluding carboxylic acids is 8. The fourth-order valence-corrected chi connectivity index (χ4v) is 9.07. The molecule has 17 heteroatoms. The van der Waals surface area contributed by atoms with Gasteiger partial charge in [0, 0.05) is 131 Å². The second-order valence-electron chi connectivity index (χ2n) is 22.0. The Labute approximate surface area is 435 Å². The summed E-state index contributed by atoms with van der Waals surface area (Å²) in [6.45, 7) is 23.8. The number of Topliss-reactive ketones (excluding diaryl/α,β-unsaturated/α-hetero) is 4. The summed E-state index contributed by atoms with van der Waals surface area (Å²) in [4.78, 5) is 112. The van der Waals surface area contributed by atoms with E-state index in [4.69, 9.17) is 11.5 Å². The van der Waals surface area contributed by atoms with Crippen molar-refractivity contribution in [1.82, 2.24) is 37.2 Å². The van der Waals surface area contributed by atoms with Crippen molar-refractivity contribution in [3.05, 3.63) is 0 Å². The number of ketones is 4. The van der Waals surface area contributed by atoms with Gasteiger partial charge in [0.1, 0.15) is 23.1 Å². The lowest BCUT2D eigenvalue weighted by Crippen LogP contribution is -2.44. The molecule has 0 aliphatic carbocycles. The summed E-state index contributed by atoms with van der Waals surface area (Å²) in [7, 11) is 0. The SMILES string of the molecule is CCCCCCNC(=O)CC(CC(C)(C)C(=O)CC(CC)C(=O)NCCCCCC)C(=O)C(C)(C)CC(CC(=O)C(C)(C)CC(CC(=O)NCCNCCN)C(=O)CNCCCC)C(=O)NCCNCCN. The minimum Gasteiger partial charge on any atom is -0.356 e. The number of amides is 4. The van der Waals surface area contributed by atoms with Gasteiger partial charge in [-0.25, -0.2) is 0 Å². The zero-order valence-electron chi connectivity index (χ0n) is 46.9. The Kier molecular flexibility index (Phi) is 36.9. The van der Waals surface area contributed by atoms with Crippen LogP contribution in [0.5, 0.6) is 0 Å². The molecule has 0 rings (SSSR count). The Morgan fingerprint density at radius 1 is 0.403 bits per heavy atom. The first-order chi connectivity index (χ1) is 34.1. The van der Waals surface area contributed by atoms with Crippen LogP contribution in [0.3, 0.4) is 0 Å². The summed E-state index contributed by atoms with van der Waals surface area (Å²) < 4.78 is 0. The highest BCUT2D eigenvalue weighted by atomic mass is 16.2. The van der Waals surface area contributed by atoms with Gasteiger partial charge in [-0.3, -0.25) is 38.4 Å². The normalized spacial score (nSPS) is 13.7. The Morgan fingerprint density at radius 3 is 1.35 bits per heavy atom. The van der Waals surface area contributed by atoms with E-state index in [1.807, 2.05) is 6.92 Å². The Hall–Kier alpha value is -3.64. The van der Waals surface area contributed by atoms with E-state index < -0.39 is 45.8 Å². The molecule has 0 aromatic rings. The highest BCUT2D eigenvalue weighted by Crippen LogP contribution is 2.40. The molecule has 4 amide bonds. The minimum absolute atomic E-state index is 0.00227. The molecule has 11 N–H and O–H groups in total. The lowest BCUT2D eigenvalue weighted by Gasteiger charge is -2.35. The van der Waals surface area contributed by atoms with Crippen LogP contribution in [-0.2, 0) is 38.4 Å². The third-order valence-corrected chi connectivity index (χ3v) is 13.8. The molecule has 0 fully saturated rings. The molecule has 4 unspecified atom stereocenters. The van der Waals surface area contributed by atoms with Crippen LogP contribution in [0.4, 0.5) is 0 Å². The van der Waals surface area contributed by atoms with Crippen molar-refractivity contribution in [2.45, 2.75) is 185 Å². The lowest BCUT2D eigenvalue weighted by atomic mass is 9.67. The summed E-state index contributed by atoms with van der Waals surface area (Å²) >= 11 is 0. The predicted octanol–water partition coefficient (Wildman–Crippen LogP) is 5.06. The molecule has 418 valence electrons. The van der Waals surface area contributed by atoms with E-state index in [1.54, 1.807) is 41.5 Å². The van der Waals surface area contributed by atoms with E-state index >= 15 is 4.79 Å². The molecule has 0 bridgehead atoms. The van der Waals surface area contributed by atoms with Gasteiger partial charge in [-0.15, -0.1) is 0 Å². The van der Waals surface area contributed by atoms with E-state index in [-0.39, 0.29) is 98.9 Å². The summed E-state index contributed by atoms with van der Waals surface area (Å²) in [6.07, 6.45) is 9.72. The van der Waals surface area contributed by atoms with Crippen LogP contribution in [0.1, 0.15) is 185 Å². The van der Waals surface area contributed by atoms with E-state index in [1.165, 1.54) is 0 Å². The third-order valence-electron chi connectivity index (χ3n) is 13.8. The molecule has 0 radical (unpaired) electrons. The van der Waals surface area contributed by atoms with Gasteiger partial charge >= 0.3 is 0 Å². The maximum Gasteiger partial charge on any atom is 0.223 e. The van der Waals surface area contributed by atoms with Crippen molar-refractivity contribution in [2.24, 2.45) is 51.4 Å².